The highest BCUT2D eigenvalue weighted by molar-refractivity contribution is 5.79. The molecule has 1 fully saturated rings. The van der Waals surface area contributed by atoms with Crippen molar-refractivity contribution in [2.45, 2.75) is 12.2 Å². The van der Waals surface area contributed by atoms with E-state index < -0.39 is 30.6 Å². The van der Waals surface area contributed by atoms with Crippen molar-refractivity contribution in [2.75, 3.05) is 26.8 Å². The molecule has 1 aliphatic rings. The topological polar surface area (TPSA) is 55.6 Å². The Kier molecular flexibility index (Phi) is 3.56. The summed E-state index contributed by atoms with van der Waals surface area (Å²) in [6, 6.07) is -0.506. The Labute approximate surface area is 85.2 Å². The lowest BCUT2D eigenvalue weighted by Crippen LogP contribution is -2.45. The number of hydrogen-bond donors (Lipinski definition) is 1. The van der Waals surface area contributed by atoms with Gasteiger partial charge in [0.1, 0.15) is 6.54 Å². The molecule has 15 heavy (non-hydrogen) atoms. The summed E-state index contributed by atoms with van der Waals surface area (Å²) in [6.45, 7) is -0.937. The number of alkyl halides is 3. The minimum absolute atomic E-state index is 0.0994. The molecule has 2 atom stereocenters. The minimum Gasteiger partial charge on any atom is -0.379 e. The van der Waals surface area contributed by atoms with Gasteiger partial charge in [-0.25, -0.2) is 0 Å². The molecule has 2 N–H and O–H groups in total. The van der Waals surface area contributed by atoms with Gasteiger partial charge in [-0.15, -0.1) is 0 Å². The number of rotatable bonds is 2. The highest BCUT2D eigenvalue weighted by Crippen LogP contribution is 2.19. The van der Waals surface area contributed by atoms with Crippen molar-refractivity contribution in [1.82, 2.24) is 4.90 Å². The van der Waals surface area contributed by atoms with Crippen LogP contribution in [0, 0.1) is 5.92 Å². The second kappa shape index (κ2) is 4.36. The molecule has 88 valence electrons. The van der Waals surface area contributed by atoms with Gasteiger partial charge in [0.25, 0.3) is 0 Å². The smallest absolute Gasteiger partial charge is 0.379 e. The van der Waals surface area contributed by atoms with Gasteiger partial charge in [0, 0.05) is 13.1 Å². The molecule has 7 heteroatoms. The fraction of sp³-hybridized carbons (Fsp3) is 0.875. The van der Waals surface area contributed by atoms with E-state index in [1.807, 2.05) is 0 Å². The van der Waals surface area contributed by atoms with E-state index in [4.69, 9.17) is 10.5 Å². The summed E-state index contributed by atoms with van der Waals surface area (Å²) in [5.41, 5.74) is 5.53. The number of carbonyl (C=O) groups excluding carboxylic acids is 1. The van der Waals surface area contributed by atoms with Gasteiger partial charge in [-0.05, 0) is 0 Å². The molecule has 0 aromatic rings. The van der Waals surface area contributed by atoms with E-state index in [9.17, 15) is 18.0 Å². The predicted octanol–water partition coefficient (Wildman–Crippen LogP) is -0.0192. The van der Waals surface area contributed by atoms with Crippen LogP contribution in [-0.4, -0.2) is 49.8 Å². The summed E-state index contributed by atoms with van der Waals surface area (Å²) < 4.78 is 40.9. The molecule has 1 rings (SSSR count). The van der Waals surface area contributed by atoms with E-state index >= 15 is 0 Å². The van der Waals surface area contributed by atoms with Crippen LogP contribution in [0.4, 0.5) is 13.2 Å². The number of carbonyl (C=O) groups is 1. The first-order valence-electron chi connectivity index (χ1n) is 4.46. The monoisotopic (exact) mass is 226 g/mol. The first-order chi connectivity index (χ1) is 6.81. The number of hydrogen-bond acceptors (Lipinski definition) is 3. The number of halogens is 3. The van der Waals surface area contributed by atoms with Crippen LogP contribution in [-0.2, 0) is 9.53 Å². The molecule has 0 bridgehead atoms. The highest BCUT2D eigenvalue weighted by Gasteiger charge is 2.37. The minimum atomic E-state index is -4.38. The van der Waals surface area contributed by atoms with Crippen molar-refractivity contribution in [1.29, 1.82) is 0 Å². The predicted molar refractivity (Wildman–Crippen MR) is 46.0 cm³/mol. The molecule has 0 aromatic carbocycles. The number of nitrogens with two attached hydrogens (primary N) is 1. The maximum absolute atomic E-state index is 12.0. The number of amides is 1. The van der Waals surface area contributed by atoms with Crippen molar-refractivity contribution >= 4 is 5.91 Å². The third-order valence-electron chi connectivity index (χ3n) is 2.23. The van der Waals surface area contributed by atoms with Crippen LogP contribution in [0.15, 0.2) is 0 Å². The van der Waals surface area contributed by atoms with Crippen LogP contribution in [0.2, 0.25) is 0 Å². The second-order valence-electron chi connectivity index (χ2n) is 3.62. The van der Waals surface area contributed by atoms with E-state index in [2.05, 4.69) is 0 Å². The molecule has 0 aliphatic carbocycles. The van der Waals surface area contributed by atoms with Crippen molar-refractivity contribution in [3.63, 3.8) is 0 Å². The fourth-order valence-electron chi connectivity index (χ4n) is 1.46. The second-order valence-corrected chi connectivity index (χ2v) is 3.62. The zero-order valence-electron chi connectivity index (χ0n) is 8.25. The van der Waals surface area contributed by atoms with E-state index in [0.29, 0.717) is 4.90 Å². The summed E-state index contributed by atoms with van der Waals surface area (Å²) >= 11 is 0. The van der Waals surface area contributed by atoms with Crippen LogP contribution < -0.4 is 5.73 Å². The average molecular weight is 226 g/mol. The Hall–Kier alpha value is -0.820. The Bertz CT molecular complexity index is 245. The molecule has 1 saturated heterocycles. The van der Waals surface area contributed by atoms with Crippen molar-refractivity contribution in [3.05, 3.63) is 0 Å². The standard InChI is InChI=1S/C8H13F3N2O2/c1-13(4-8(9,10)11)7(14)5-2-15-3-6(5)12/h5-6H,2-4,12H2,1H3. The largest absolute Gasteiger partial charge is 0.406 e. The summed E-state index contributed by atoms with van der Waals surface area (Å²) in [5.74, 6) is -1.27. The molecule has 0 aromatic heterocycles. The average Bonchev–Trinajstić information content (AvgIpc) is 2.47. The van der Waals surface area contributed by atoms with Crippen molar-refractivity contribution in [3.8, 4) is 0 Å². The first-order valence-corrected chi connectivity index (χ1v) is 4.46. The zero-order valence-corrected chi connectivity index (χ0v) is 8.25. The molecule has 1 heterocycles. The maximum atomic E-state index is 12.0. The molecule has 0 radical (unpaired) electrons. The van der Waals surface area contributed by atoms with Gasteiger partial charge in [0.05, 0.1) is 19.1 Å². The lowest BCUT2D eigenvalue weighted by molar-refractivity contribution is -0.161. The number of nitrogens with zero attached hydrogens (tertiary/aromatic N) is 1. The van der Waals surface area contributed by atoms with Crippen LogP contribution in [0.3, 0.4) is 0 Å². The van der Waals surface area contributed by atoms with E-state index in [1.54, 1.807) is 0 Å². The van der Waals surface area contributed by atoms with Gasteiger partial charge in [0.15, 0.2) is 0 Å². The Morgan fingerprint density at radius 2 is 2.13 bits per heavy atom. The van der Waals surface area contributed by atoms with E-state index in [0.717, 1.165) is 7.05 Å². The summed E-state index contributed by atoms with van der Waals surface area (Å²) in [6.07, 6.45) is -4.38. The first kappa shape index (κ1) is 12.3. The Morgan fingerprint density at radius 1 is 1.53 bits per heavy atom. The SMILES string of the molecule is CN(CC(F)(F)F)C(=O)C1COCC1N. The van der Waals surface area contributed by atoms with Crippen LogP contribution >= 0.6 is 0 Å². The zero-order chi connectivity index (χ0) is 11.6. The summed E-state index contributed by atoms with van der Waals surface area (Å²) in [4.78, 5) is 12.1. The highest BCUT2D eigenvalue weighted by atomic mass is 19.4. The van der Waals surface area contributed by atoms with Crippen LogP contribution in [0.5, 0.6) is 0 Å². The van der Waals surface area contributed by atoms with E-state index in [-0.39, 0.29) is 13.2 Å². The van der Waals surface area contributed by atoms with Gasteiger partial charge in [-0.3, -0.25) is 4.79 Å². The lowest BCUT2D eigenvalue weighted by atomic mass is 10.0. The van der Waals surface area contributed by atoms with Gasteiger partial charge >= 0.3 is 6.18 Å². The maximum Gasteiger partial charge on any atom is 0.406 e. The molecule has 1 aliphatic heterocycles. The molecule has 4 nitrogen and oxygen atoms in total. The number of ether oxygens (including phenoxy) is 1. The van der Waals surface area contributed by atoms with E-state index in [1.165, 1.54) is 0 Å². The fourth-order valence-corrected chi connectivity index (χ4v) is 1.46. The molecule has 1 amide bonds. The van der Waals surface area contributed by atoms with Crippen LogP contribution in [0.25, 0.3) is 0 Å². The molecular formula is C8H13F3N2O2. The van der Waals surface area contributed by atoms with Gasteiger partial charge in [-0.1, -0.05) is 0 Å². The Morgan fingerprint density at radius 3 is 2.53 bits per heavy atom. The Balaban J connectivity index is 2.52. The molecule has 0 saturated carbocycles. The normalized spacial score (nSPS) is 26.7. The van der Waals surface area contributed by atoms with Gasteiger partial charge < -0.3 is 15.4 Å². The van der Waals surface area contributed by atoms with Crippen LogP contribution in [0.1, 0.15) is 0 Å². The third-order valence-corrected chi connectivity index (χ3v) is 2.23. The lowest BCUT2D eigenvalue weighted by Gasteiger charge is -2.23. The molecular weight excluding hydrogens is 213 g/mol. The van der Waals surface area contributed by atoms with Crippen molar-refractivity contribution < 1.29 is 22.7 Å². The quantitative estimate of drug-likeness (QED) is 0.720. The van der Waals surface area contributed by atoms with Crippen molar-refractivity contribution in [2.24, 2.45) is 11.7 Å². The third kappa shape index (κ3) is 3.35. The molecule has 0 spiro atoms. The van der Waals surface area contributed by atoms with Gasteiger partial charge in [0.2, 0.25) is 5.91 Å². The van der Waals surface area contributed by atoms with Gasteiger partial charge in [-0.2, -0.15) is 13.2 Å². The summed E-state index contributed by atoms with van der Waals surface area (Å²) in [5, 5.41) is 0. The molecule has 2 unspecified atom stereocenters. The summed E-state index contributed by atoms with van der Waals surface area (Å²) in [7, 11) is 1.11.